The summed E-state index contributed by atoms with van der Waals surface area (Å²) >= 11 is 2.51. The molecule has 0 amide bonds. The molecule has 0 spiro atoms. The lowest BCUT2D eigenvalue weighted by molar-refractivity contribution is 0.0475. The molecule has 2 aromatic rings. The van der Waals surface area contributed by atoms with Gasteiger partial charge in [0.2, 0.25) is 0 Å². The Morgan fingerprint density at radius 1 is 1.53 bits per heavy atom. The quantitative estimate of drug-likeness (QED) is 0.775. The second-order valence-corrected chi connectivity index (χ2v) is 5.84. The predicted molar refractivity (Wildman–Crippen MR) is 66.3 cm³/mol. The van der Waals surface area contributed by atoms with E-state index in [1.54, 1.807) is 6.92 Å². The van der Waals surface area contributed by atoms with Gasteiger partial charge in [0.1, 0.15) is 5.82 Å². The van der Waals surface area contributed by atoms with Crippen molar-refractivity contribution in [2.75, 3.05) is 6.61 Å². The fourth-order valence-electron chi connectivity index (χ4n) is 1.37. The Kier molecular flexibility index (Phi) is 3.47. The van der Waals surface area contributed by atoms with Gasteiger partial charge in [-0.1, -0.05) is 5.10 Å². The first-order chi connectivity index (χ1) is 9.26. The van der Waals surface area contributed by atoms with Crippen LogP contribution in [0.15, 0.2) is 14.0 Å². The molecule has 1 saturated carbocycles. The molecular formula is C10H10N4O3S2. The third-order valence-corrected chi connectivity index (χ3v) is 4.00. The highest BCUT2D eigenvalue weighted by Gasteiger charge is 2.28. The third-order valence-electron chi connectivity index (χ3n) is 2.40. The fourth-order valence-corrected chi connectivity index (χ4v) is 2.83. The molecule has 0 saturated heterocycles. The summed E-state index contributed by atoms with van der Waals surface area (Å²) in [7, 11) is 0. The summed E-state index contributed by atoms with van der Waals surface area (Å²) in [6.07, 6.45) is 2.32. The van der Waals surface area contributed by atoms with E-state index in [9.17, 15) is 4.79 Å². The Bertz CT molecular complexity index is 593. The molecule has 0 radical (unpaired) electrons. The van der Waals surface area contributed by atoms with Crippen LogP contribution in [0.25, 0.3) is 0 Å². The number of rotatable bonds is 5. The van der Waals surface area contributed by atoms with Gasteiger partial charge in [-0.25, -0.2) is 9.78 Å². The summed E-state index contributed by atoms with van der Waals surface area (Å²) in [6, 6.07) is 0. The van der Waals surface area contributed by atoms with Crippen LogP contribution in [0.2, 0.25) is 0 Å². The Labute approximate surface area is 116 Å². The smallest absolute Gasteiger partial charge is 0.396 e. The summed E-state index contributed by atoms with van der Waals surface area (Å²) in [5.74, 6) is 0.648. The molecule has 1 aliphatic carbocycles. The molecule has 2 aromatic heterocycles. The number of aromatic nitrogens is 4. The Balaban J connectivity index is 1.67. The summed E-state index contributed by atoms with van der Waals surface area (Å²) in [4.78, 5) is 15.7. The highest BCUT2D eigenvalue weighted by Crippen LogP contribution is 2.40. The number of hydrogen-bond acceptors (Lipinski definition) is 9. The van der Waals surface area contributed by atoms with Crippen molar-refractivity contribution >= 4 is 29.3 Å². The molecular weight excluding hydrogens is 288 g/mol. The van der Waals surface area contributed by atoms with E-state index in [2.05, 4.69) is 19.6 Å². The molecule has 9 heteroatoms. The van der Waals surface area contributed by atoms with Gasteiger partial charge in [-0.05, 0) is 31.3 Å². The highest BCUT2D eigenvalue weighted by atomic mass is 32.2. The second kappa shape index (κ2) is 5.25. The minimum absolute atomic E-state index is 0.142. The first-order valence-corrected chi connectivity index (χ1v) is 7.37. The largest absolute Gasteiger partial charge is 0.459 e. The maximum Gasteiger partial charge on any atom is 0.396 e. The van der Waals surface area contributed by atoms with Gasteiger partial charge in [0.05, 0.1) is 6.61 Å². The van der Waals surface area contributed by atoms with Crippen LogP contribution in [0.3, 0.4) is 0 Å². The zero-order valence-corrected chi connectivity index (χ0v) is 11.7. The van der Waals surface area contributed by atoms with Crippen LogP contribution in [0, 0.1) is 0 Å². The monoisotopic (exact) mass is 298 g/mol. The number of ether oxygens (including phenoxy) is 1. The molecule has 0 unspecified atom stereocenters. The van der Waals surface area contributed by atoms with E-state index < -0.39 is 5.97 Å². The molecule has 0 atom stereocenters. The number of esters is 1. The van der Waals surface area contributed by atoms with Crippen LogP contribution >= 0.6 is 23.3 Å². The van der Waals surface area contributed by atoms with Crippen LogP contribution in [0.4, 0.5) is 0 Å². The van der Waals surface area contributed by atoms with Gasteiger partial charge in [0.15, 0.2) is 4.34 Å². The van der Waals surface area contributed by atoms with Crippen molar-refractivity contribution in [1.29, 1.82) is 0 Å². The lowest BCUT2D eigenvalue weighted by atomic mass is 10.4. The van der Waals surface area contributed by atoms with Gasteiger partial charge in [-0.15, -0.1) is 5.10 Å². The van der Waals surface area contributed by atoms with Crippen molar-refractivity contribution in [1.82, 2.24) is 19.6 Å². The normalized spacial score (nSPS) is 14.6. The van der Waals surface area contributed by atoms with Gasteiger partial charge < -0.3 is 9.15 Å². The summed E-state index contributed by atoms with van der Waals surface area (Å²) < 4.78 is 15.0. The Morgan fingerprint density at radius 2 is 2.37 bits per heavy atom. The predicted octanol–water partition coefficient (Wildman–Crippen LogP) is 2.13. The molecule has 3 rings (SSSR count). The van der Waals surface area contributed by atoms with Crippen LogP contribution in [0.1, 0.15) is 42.2 Å². The van der Waals surface area contributed by atoms with Crippen molar-refractivity contribution in [3.8, 4) is 0 Å². The fraction of sp³-hybridized carbons (Fsp3) is 0.500. The van der Waals surface area contributed by atoms with Crippen LogP contribution in [-0.4, -0.2) is 32.1 Å². The molecule has 100 valence electrons. The third kappa shape index (κ3) is 2.92. The molecule has 0 N–H and O–H groups in total. The molecule has 2 heterocycles. The van der Waals surface area contributed by atoms with Crippen molar-refractivity contribution < 1.29 is 13.9 Å². The van der Waals surface area contributed by atoms with E-state index >= 15 is 0 Å². The zero-order chi connectivity index (χ0) is 13.2. The maximum atomic E-state index is 11.4. The van der Waals surface area contributed by atoms with Gasteiger partial charge in [-0.2, -0.15) is 4.37 Å². The van der Waals surface area contributed by atoms with E-state index in [4.69, 9.17) is 9.15 Å². The molecule has 1 fully saturated rings. The SMILES string of the molecule is CCOC(=O)c1nnc(Sc2nc(C3CC3)ns2)o1. The van der Waals surface area contributed by atoms with E-state index in [0.717, 1.165) is 23.0 Å². The van der Waals surface area contributed by atoms with Gasteiger partial charge in [-0.3, -0.25) is 0 Å². The molecule has 1 aliphatic rings. The molecule has 0 bridgehead atoms. The second-order valence-electron chi connectivity index (χ2n) is 3.89. The number of carbonyl (C=O) groups excluding carboxylic acids is 1. The van der Waals surface area contributed by atoms with Crippen molar-refractivity contribution in [3.63, 3.8) is 0 Å². The van der Waals surface area contributed by atoms with Gasteiger partial charge >= 0.3 is 11.9 Å². The van der Waals surface area contributed by atoms with Crippen LogP contribution in [-0.2, 0) is 4.74 Å². The minimum atomic E-state index is -0.613. The minimum Gasteiger partial charge on any atom is -0.459 e. The van der Waals surface area contributed by atoms with E-state index in [0.29, 0.717) is 5.92 Å². The summed E-state index contributed by atoms with van der Waals surface area (Å²) in [6.45, 7) is 1.98. The van der Waals surface area contributed by atoms with Gasteiger partial charge in [0, 0.05) is 17.7 Å². The van der Waals surface area contributed by atoms with Gasteiger partial charge in [0.25, 0.3) is 5.22 Å². The molecule has 19 heavy (non-hydrogen) atoms. The van der Waals surface area contributed by atoms with Crippen LogP contribution in [0.5, 0.6) is 0 Å². The van der Waals surface area contributed by atoms with Crippen molar-refractivity contribution in [2.24, 2.45) is 0 Å². The number of nitrogens with zero attached hydrogens (tertiary/aromatic N) is 4. The van der Waals surface area contributed by atoms with E-state index in [-0.39, 0.29) is 17.7 Å². The molecule has 0 aliphatic heterocycles. The topological polar surface area (TPSA) is 91.0 Å². The van der Waals surface area contributed by atoms with Crippen LogP contribution < -0.4 is 0 Å². The van der Waals surface area contributed by atoms with Crippen molar-refractivity contribution in [2.45, 2.75) is 35.2 Å². The number of hydrogen-bond donors (Lipinski definition) is 0. The highest BCUT2D eigenvalue weighted by molar-refractivity contribution is 8.00. The summed E-state index contributed by atoms with van der Waals surface area (Å²) in [5.41, 5.74) is 0. The van der Waals surface area contributed by atoms with E-state index in [1.165, 1.54) is 23.3 Å². The summed E-state index contributed by atoms with van der Waals surface area (Å²) in [5, 5.41) is 7.66. The lowest BCUT2D eigenvalue weighted by Gasteiger charge is -1.93. The standard InChI is InChI=1S/C10H10N4O3S2/c1-2-16-8(15)7-12-13-9(17-7)18-10-11-6(14-19-10)5-3-4-5/h5H,2-4H2,1H3. The van der Waals surface area contributed by atoms with E-state index in [1.807, 2.05) is 0 Å². The average Bonchev–Trinajstić information content (AvgIpc) is 2.97. The Hall–Kier alpha value is -1.48. The van der Waals surface area contributed by atoms with Crippen molar-refractivity contribution in [3.05, 3.63) is 11.7 Å². The lowest BCUT2D eigenvalue weighted by Crippen LogP contribution is -2.04. The molecule has 7 nitrogen and oxygen atoms in total. The first-order valence-electron chi connectivity index (χ1n) is 5.78. The maximum absolute atomic E-state index is 11.4. The Morgan fingerprint density at radius 3 is 3.11 bits per heavy atom. The number of carbonyl (C=O) groups is 1. The first kappa shape index (κ1) is 12.5. The molecule has 0 aromatic carbocycles. The zero-order valence-electron chi connectivity index (χ0n) is 10.0. The average molecular weight is 298 g/mol.